The number of ether oxygens (including phenoxy) is 2. The Labute approximate surface area is 167 Å². The zero-order valence-corrected chi connectivity index (χ0v) is 16.1. The Hall–Kier alpha value is -2.79. The molecule has 1 aromatic carbocycles. The van der Waals surface area contributed by atoms with Crippen molar-refractivity contribution in [3.8, 4) is 11.5 Å². The number of benzene rings is 1. The number of rotatable bonds is 5. The third-order valence-electron chi connectivity index (χ3n) is 4.62. The van der Waals surface area contributed by atoms with Crippen molar-refractivity contribution in [3.05, 3.63) is 46.2 Å². The number of urea groups is 1. The van der Waals surface area contributed by atoms with Gasteiger partial charge in [-0.25, -0.2) is 4.79 Å². The van der Waals surface area contributed by atoms with Crippen molar-refractivity contribution in [1.82, 2.24) is 10.6 Å². The zero-order valence-electron chi connectivity index (χ0n) is 15.2. The molecule has 3 N–H and O–H groups in total. The molecule has 1 aliphatic heterocycles. The first-order valence-corrected chi connectivity index (χ1v) is 9.17. The van der Waals surface area contributed by atoms with E-state index < -0.39 is 35.7 Å². The molecule has 0 radical (unpaired) electrons. The van der Waals surface area contributed by atoms with Crippen molar-refractivity contribution in [3.63, 3.8) is 0 Å². The van der Waals surface area contributed by atoms with E-state index in [0.717, 1.165) is 11.3 Å². The minimum Gasteiger partial charge on any atom is -0.497 e. The van der Waals surface area contributed by atoms with Gasteiger partial charge in [-0.2, -0.15) is 13.2 Å². The van der Waals surface area contributed by atoms with Crippen LogP contribution in [0.3, 0.4) is 0 Å². The van der Waals surface area contributed by atoms with Crippen molar-refractivity contribution in [2.24, 2.45) is 5.92 Å². The number of aliphatic hydroxyl groups is 1. The molecule has 0 unspecified atom stereocenters. The number of thiophene rings is 1. The number of halogens is 3. The van der Waals surface area contributed by atoms with E-state index in [2.05, 4.69) is 5.32 Å². The molecule has 0 saturated carbocycles. The number of carbonyl (C=O) groups excluding carboxylic acids is 2. The molecule has 2 aromatic rings. The van der Waals surface area contributed by atoms with Gasteiger partial charge in [-0.05, 0) is 29.6 Å². The van der Waals surface area contributed by atoms with Crippen LogP contribution < -0.4 is 20.1 Å². The first kappa shape index (κ1) is 20.9. The number of methoxy groups -OCH3 is 2. The molecule has 3 atom stereocenters. The Morgan fingerprint density at radius 2 is 1.97 bits per heavy atom. The highest BCUT2D eigenvalue weighted by Crippen LogP contribution is 2.46. The molecule has 2 amide bonds. The normalized spacial score (nSPS) is 24.4. The van der Waals surface area contributed by atoms with Crippen LogP contribution in [0, 0.1) is 5.92 Å². The third-order valence-corrected chi connectivity index (χ3v) is 5.51. The molecule has 0 aliphatic carbocycles. The minimum absolute atomic E-state index is 0.00230. The number of ketones is 1. The molecule has 11 heteroatoms. The second kappa shape index (κ2) is 7.56. The van der Waals surface area contributed by atoms with Gasteiger partial charge >= 0.3 is 12.2 Å². The van der Waals surface area contributed by atoms with Crippen LogP contribution in [0.15, 0.2) is 35.7 Å². The number of nitrogens with one attached hydrogen (secondary N) is 2. The van der Waals surface area contributed by atoms with E-state index in [0.29, 0.717) is 0 Å². The zero-order chi connectivity index (χ0) is 21.4. The van der Waals surface area contributed by atoms with Gasteiger partial charge in [-0.15, -0.1) is 11.3 Å². The summed E-state index contributed by atoms with van der Waals surface area (Å²) in [6.07, 6.45) is -5.33. The lowest BCUT2D eigenvalue weighted by atomic mass is 9.78. The number of alkyl halides is 3. The largest absolute Gasteiger partial charge is 0.497 e. The van der Waals surface area contributed by atoms with Crippen LogP contribution in [-0.4, -0.2) is 43.0 Å². The van der Waals surface area contributed by atoms with Crippen LogP contribution in [0.5, 0.6) is 11.5 Å². The van der Waals surface area contributed by atoms with Crippen molar-refractivity contribution in [2.75, 3.05) is 14.2 Å². The molecule has 0 bridgehead atoms. The fourth-order valence-corrected chi connectivity index (χ4v) is 3.96. The maximum Gasteiger partial charge on any atom is 0.437 e. The Bertz CT molecular complexity index is 919. The van der Waals surface area contributed by atoms with Crippen LogP contribution in [0.4, 0.5) is 18.0 Å². The first-order valence-electron chi connectivity index (χ1n) is 8.29. The summed E-state index contributed by atoms with van der Waals surface area (Å²) in [4.78, 5) is 25.1. The second-order valence-electron chi connectivity index (χ2n) is 6.27. The van der Waals surface area contributed by atoms with Gasteiger partial charge in [0.1, 0.15) is 17.4 Å². The molecule has 2 heterocycles. The quantitative estimate of drug-likeness (QED) is 0.634. The second-order valence-corrected chi connectivity index (χ2v) is 7.22. The van der Waals surface area contributed by atoms with E-state index in [1.807, 2.05) is 0 Å². The average Bonchev–Trinajstić information content (AvgIpc) is 3.20. The van der Waals surface area contributed by atoms with E-state index in [1.54, 1.807) is 0 Å². The number of hydrogen-bond acceptors (Lipinski definition) is 6. The smallest absolute Gasteiger partial charge is 0.437 e. The van der Waals surface area contributed by atoms with Gasteiger partial charge in [0.25, 0.3) is 0 Å². The number of Topliss-reactive ketones (excluding diaryl/α,β-unsaturated/α-hetero) is 1. The molecule has 3 rings (SSSR count). The lowest BCUT2D eigenvalue weighted by molar-refractivity contribution is -0.287. The van der Waals surface area contributed by atoms with Gasteiger partial charge in [-0.3, -0.25) is 4.79 Å². The fourth-order valence-electron chi connectivity index (χ4n) is 3.25. The lowest BCUT2D eigenvalue weighted by Gasteiger charge is -2.45. The summed E-state index contributed by atoms with van der Waals surface area (Å²) in [5.74, 6) is -2.72. The van der Waals surface area contributed by atoms with Crippen LogP contribution >= 0.6 is 11.3 Å². The predicted molar refractivity (Wildman–Crippen MR) is 97.1 cm³/mol. The molecule has 1 saturated heterocycles. The van der Waals surface area contributed by atoms with Crippen molar-refractivity contribution >= 4 is 23.2 Å². The monoisotopic (exact) mass is 430 g/mol. The lowest BCUT2D eigenvalue weighted by Crippen LogP contribution is -2.72. The highest BCUT2D eigenvalue weighted by atomic mass is 32.1. The summed E-state index contributed by atoms with van der Waals surface area (Å²) >= 11 is 0.927. The van der Waals surface area contributed by atoms with Gasteiger partial charge in [-0.1, -0.05) is 6.07 Å². The van der Waals surface area contributed by atoms with Gasteiger partial charge < -0.3 is 25.2 Å². The molecular weight excluding hydrogens is 413 g/mol. The number of carbonyl (C=O) groups is 2. The van der Waals surface area contributed by atoms with Gasteiger partial charge in [0.15, 0.2) is 5.78 Å². The van der Waals surface area contributed by atoms with Crippen LogP contribution in [0.1, 0.15) is 21.3 Å². The molecule has 156 valence electrons. The summed E-state index contributed by atoms with van der Waals surface area (Å²) in [7, 11) is 2.65. The highest BCUT2D eigenvalue weighted by molar-refractivity contribution is 7.12. The summed E-state index contributed by atoms with van der Waals surface area (Å²) in [5, 5.41) is 15.9. The predicted octanol–water partition coefficient (Wildman–Crippen LogP) is 2.87. The van der Waals surface area contributed by atoms with E-state index in [9.17, 15) is 27.9 Å². The number of amides is 2. The highest BCUT2D eigenvalue weighted by Gasteiger charge is 2.66. The molecule has 7 nitrogen and oxygen atoms in total. The SMILES string of the molecule is COc1ccc(OC)c([C@@H]2NC(=O)N[C@@](O)(C(F)(F)F)[C@@H]2C(=O)c2cccs2)c1. The molecule has 1 aromatic heterocycles. The Morgan fingerprint density at radius 3 is 2.52 bits per heavy atom. The third kappa shape index (κ3) is 3.62. The number of hydrogen-bond donors (Lipinski definition) is 3. The van der Waals surface area contributed by atoms with E-state index in [-0.39, 0.29) is 21.9 Å². The molecule has 29 heavy (non-hydrogen) atoms. The summed E-state index contributed by atoms with van der Waals surface area (Å²) in [5.41, 5.74) is -3.74. The fraction of sp³-hybridized carbons (Fsp3) is 0.333. The molecule has 1 aliphatic rings. The maximum absolute atomic E-state index is 13.9. The van der Waals surface area contributed by atoms with Gasteiger partial charge in [0, 0.05) is 5.56 Å². The van der Waals surface area contributed by atoms with Crippen molar-refractivity contribution in [2.45, 2.75) is 17.9 Å². The average molecular weight is 430 g/mol. The summed E-state index contributed by atoms with van der Waals surface area (Å²) in [6.45, 7) is 0. The standard InChI is InChI=1S/C18H17F3N2O5S/c1-27-9-5-6-11(28-2)10(8-9)14-13(15(24)12-4-3-7-29-12)17(26,18(19,20)21)23-16(25)22-14/h3-8,13-14,26H,1-2H3,(H2,22,23,25)/t13-,14-,17-/m0/s1. The van der Waals surface area contributed by atoms with Crippen LogP contribution in [-0.2, 0) is 0 Å². The summed E-state index contributed by atoms with van der Waals surface area (Å²) in [6, 6.07) is 4.31. The van der Waals surface area contributed by atoms with Crippen molar-refractivity contribution < 1.29 is 37.3 Å². The topological polar surface area (TPSA) is 96.9 Å². The van der Waals surface area contributed by atoms with Gasteiger partial charge in [0.05, 0.1) is 25.1 Å². The Kier molecular flexibility index (Phi) is 5.46. The van der Waals surface area contributed by atoms with Crippen LogP contribution in [0.25, 0.3) is 0 Å². The van der Waals surface area contributed by atoms with Crippen LogP contribution in [0.2, 0.25) is 0 Å². The Balaban J connectivity index is 2.22. The minimum atomic E-state index is -5.33. The van der Waals surface area contributed by atoms with E-state index in [4.69, 9.17) is 9.47 Å². The first-order chi connectivity index (χ1) is 13.6. The molecule has 1 fully saturated rings. The summed E-state index contributed by atoms with van der Waals surface area (Å²) < 4.78 is 51.9. The molecule has 0 spiro atoms. The maximum atomic E-state index is 13.9. The van der Waals surface area contributed by atoms with Crippen molar-refractivity contribution in [1.29, 1.82) is 0 Å². The Morgan fingerprint density at radius 1 is 1.24 bits per heavy atom. The van der Waals surface area contributed by atoms with E-state index in [1.165, 1.54) is 55.2 Å². The van der Waals surface area contributed by atoms with E-state index >= 15 is 0 Å². The molecular formula is C18H17F3N2O5S. The van der Waals surface area contributed by atoms with Gasteiger partial charge in [0.2, 0.25) is 5.72 Å².